The average molecular weight is 166 g/mol. The van der Waals surface area contributed by atoms with Crippen LogP contribution in [0.3, 0.4) is 0 Å². The van der Waals surface area contributed by atoms with Gasteiger partial charge in [0.25, 0.3) is 0 Å². The van der Waals surface area contributed by atoms with E-state index in [4.69, 9.17) is 11.0 Å². The second-order valence-corrected chi connectivity index (χ2v) is 3.28. The predicted octanol–water partition coefficient (Wildman–Crippen LogP) is 2.03. The summed E-state index contributed by atoms with van der Waals surface area (Å²) in [6.45, 7) is 2.04. The molecule has 1 heterocycles. The molecule has 1 aromatic rings. The Labute approximate surface area is 70.3 Å². The van der Waals surface area contributed by atoms with Crippen LogP contribution in [-0.2, 0) is 0 Å². The van der Waals surface area contributed by atoms with Gasteiger partial charge in [0.1, 0.15) is 10.9 Å². The Morgan fingerprint density at radius 2 is 2.55 bits per heavy atom. The lowest BCUT2D eigenvalue weighted by Gasteiger charge is -2.03. The molecule has 2 nitrogen and oxygen atoms in total. The number of nitriles is 1. The molecule has 0 spiro atoms. The molecule has 1 aromatic heterocycles. The van der Waals surface area contributed by atoms with Crippen LogP contribution in [0, 0.1) is 11.3 Å². The van der Waals surface area contributed by atoms with Crippen LogP contribution in [0.2, 0.25) is 0 Å². The molecule has 0 fully saturated rings. The van der Waals surface area contributed by atoms with Crippen molar-refractivity contribution in [3.8, 4) is 6.07 Å². The lowest BCUT2D eigenvalue weighted by atomic mass is 10.1. The second kappa shape index (κ2) is 3.51. The van der Waals surface area contributed by atoms with Crippen molar-refractivity contribution in [1.82, 2.24) is 0 Å². The van der Waals surface area contributed by atoms with Crippen LogP contribution in [0.5, 0.6) is 0 Å². The van der Waals surface area contributed by atoms with E-state index in [0.29, 0.717) is 0 Å². The Morgan fingerprint density at radius 1 is 1.82 bits per heavy atom. The summed E-state index contributed by atoms with van der Waals surface area (Å²) in [5.41, 5.74) is 6.84. The molecule has 2 N–H and O–H groups in total. The quantitative estimate of drug-likeness (QED) is 0.730. The lowest BCUT2D eigenvalue weighted by molar-refractivity contribution is 0.701. The van der Waals surface area contributed by atoms with Crippen molar-refractivity contribution in [2.45, 2.75) is 19.4 Å². The van der Waals surface area contributed by atoms with Gasteiger partial charge in [-0.05, 0) is 23.4 Å². The number of thiophene rings is 1. The maximum atomic E-state index is 8.53. The van der Waals surface area contributed by atoms with E-state index in [2.05, 4.69) is 6.07 Å². The molecule has 11 heavy (non-hydrogen) atoms. The second-order valence-electron chi connectivity index (χ2n) is 2.37. The number of nitrogens with two attached hydrogens (primary N) is 1. The third-order valence-electron chi connectivity index (χ3n) is 1.60. The fraction of sp³-hybridized carbons (Fsp3) is 0.375. The summed E-state index contributed by atoms with van der Waals surface area (Å²) in [7, 11) is 0. The third-order valence-corrected chi connectivity index (χ3v) is 2.45. The number of hydrogen-bond donors (Lipinski definition) is 1. The van der Waals surface area contributed by atoms with Crippen LogP contribution in [-0.4, -0.2) is 0 Å². The zero-order valence-electron chi connectivity index (χ0n) is 6.37. The van der Waals surface area contributed by atoms with Crippen LogP contribution in [0.25, 0.3) is 0 Å². The Balaban J connectivity index is 2.82. The maximum absolute atomic E-state index is 8.53. The average Bonchev–Trinajstić information content (AvgIpc) is 2.50. The molecule has 0 bridgehead atoms. The summed E-state index contributed by atoms with van der Waals surface area (Å²) in [6.07, 6.45) is 0.918. The highest BCUT2D eigenvalue weighted by molar-refractivity contribution is 7.10. The van der Waals surface area contributed by atoms with Gasteiger partial charge in [-0.15, -0.1) is 11.3 Å². The van der Waals surface area contributed by atoms with Crippen LogP contribution in [0.1, 0.15) is 29.8 Å². The molecular formula is C8H10N2S. The molecular weight excluding hydrogens is 156 g/mol. The van der Waals surface area contributed by atoms with Crippen molar-refractivity contribution in [3.63, 3.8) is 0 Å². The normalized spacial score (nSPS) is 12.5. The van der Waals surface area contributed by atoms with Gasteiger partial charge in [0, 0.05) is 6.04 Å². The fourth-order valence-corrected chi connectivity index (χ4v) is 1.60. The standard InChI is InChI=1S/C8H10N2S/c1-2-8(10)6-3-7(4-9)11-5-6/h3,5,8H,2,10H2,1H3. The van der Waals surface area contributed by atoms with E-state index in [1.807, 2.05) is 18.4 Å². The van der Waals surface area contributed by atoms with Crippen LogP contribution >= 0.6 is 11.3 Å². The molecule has 3 heteroatoms. The largest absolute Gasteiger partial charge is 0.324 e. The van der Waals surface area contributed by atoms with Gasteiger partial charge in [-0.2, -0.15) is 5.26 Å². The summed E-state index contributed by atoms with van der Waals surface area (Å²) in [4.78, 5) is 0.740. The van der Waals surface area contributed by atoms with Crippen molar-refractivity contribution in [3.05, 3.63) is 21.9 Å². The van der Waals surface area contributed by atoms with Crippen molar-refractivity contribution in [2.24, 2.45) is 5.73 Å². The zero-order chi connectivity index (χ0) is 8.27. The molecule has 58 valence electrons. The fourth-order valence-electron chi connectivity index (χ4n) is 0.840. The zero-order valence-corrected chi connectivity index (χ0v) is 7.19. The number of hydrogen-bond acceptors (Lipinski definition) is 3. The molecule has 1 atom stereocenters. The first-order valence-electron chi connectivity index (χ1n) is 3.52. The van der Waals surface area contributed by atoms with Crippen molar-refractivity contribution >= 4 is 11.3 Å². The molecule has 0 aliphatic rings. The van der Waals surface area contributed by atoms with Gasteiger partial charge in [-0.1, -0.05) is 6.92 Å². The molecule has 1 rings (SSSR count). The topological polar surface area (TPSA) is 49.8 Å². The molecule has 1 unspecified atom stereocenters. The van der Waals surface area contributed by atoms with E-state index >= 15 is 0 Å². The molecule has 0 saturated carbocycles. The summed E-state index contributed by atoms with van der Waals surface area (Å²) in [5.74, 6) is 0. The Hall–Kier alpha value is -0.850. The number of nitrogens with zero attached hydrogens (tertiary/aromatic N) is 1. The molecule has 0 saturated heterocycles. The monoisotopic (exact) mass is 166 g/mol. The van der Waals surface area contributed by atoms with E-state index in [1.54, 1.807) is 0 Å². The van der Waals surface area contributed by atoms with E-state index in [0.717, 1.165) is 16.9 Å². The molecule has 0 aliphatic carbocycles. The van der Waals surface area contributed by atoms with E-state index in [1.165, 1.54) is 11.3 Å². The van der Waals surface area contributed by atoms with Crippen LogP contribution in [0.4, 0.5) is 0 Å². The van der Waals surface area contributed by atoms with Crippen molar-refractivity contribution < 1.29 is 0 Å². The van der Waals surface area contributed by atoms with Gasteiger partial charge in [-0.3, -0.25) is 0 Å². The summed E-state index contributed by atoms with van der Waals surface area (Å²) >= 11 is 1.45. The Kier molecular flexibility index (Phi) is 2.64. The summed E-state index contributed by atoms with van der Waals surface area (Å²) in [5, 5.41) is 10.5. The lowest BCUT2D eigenvalue weighted by Crippen LogP contribution is -2.06. The predicted molar refractivity (Wildman–Crippen MR) is 46.3 cm³/mol. The minimum absolute atomic E-state index is 0.0911. The minimum atomic E-state index is 0.0911. The van der Waals surface area contributed by atoms with Gasteiger partial charge >= 0.3 is 0 Å². The van der Waals surface area contributed by atoms with Gasteiger partial charge in [0.05, 0.1) is 0 Å². The van der Waals surface area contributed by atoms with Crippen LogP contribution in [0.15, 0.2) is 11.4 Å². The third kappa shape index (κ3) is 1.79. The van der Waals surface area contributed by atoms with Crippen molar-refractivity contribution in [1.29, 1.82) is 5.26 Å². The maximum Gasteiger partial charge on any atom is 0.110 e. The molecule has 0 aromatic carbocycles. The van der Waals surface area contributed by atoms with Gasteiger partial charge in [0.15, 0.2) is 0 Å². The Morgan fingerprint density at radius 3 is 3.00 bits per heavy atom. The smallest absolute Gasteiger partial charge is 0.110 e. The highest BCUT2D eigenvalue weighted by atomic mass is 32.1. The van der Waals surface area contributed by atoms with E-state index < -0.39 is 0 Å². The Bertz CT molecular complexity index is 272. The first-order chi connectivity index (χ1) is 5.27. The first-order valence-corrected chi connectivity index (χ1v) is 4.40. The SMILES string of the molecule is CCC(N)c1csc(C#N)c1. The summed E-state index contributed by atoms with van der Waals surface area (Å²) in [6, 6.07) is 4.04. The number of rotatable bonds is 2. The van der Waals surface area contributed by atoms with Gasteiger partial charge in [0.2, 0.25) is 0 Å². The molecule has 0 amide bonds. The van der Waals surface area contributed by atoms with Crippen LogP contribution < -0.4 is 5.73 Å². The molecule has 0 radical (unpaired) electrons. The van der Waals surface area contributed by atoms with Gasteiger partial charge in [-0.25, -0.2) is 0 Å². The summed E-state index contributed by atoms with van der Waals surface area (Å²) < 4.78 is 0. The highest BCUT2D eigenvalue weighted by Gasteiger charge is 2.05. The van der Waals surface area contributed by atoms with E-state index in [9.17, 15) is 0 Å². The van der Waals surface area contributed by atoms with Crippen molar-refractivity contribution in [2.75, 3.05) is 0 Å². The highest BCUT2D eigenvalue weighted by Crippen LogP contribution is 2.20. The minimum Gasteiger partial charge on any atom is -0.324 e. The van der Waals surface area contributed by atoms with E-state index in [-0.39, 0.29) is 6.04 Å². The first kappa shape index (κ1) is 8.25. The van der Waals surface area contributed by atoms with Gasteiger partial charge < -0.3 is 5.73 Å². The molecule has 0 aliphatic heterocycles.